The van der Waals surface area contributed by atoms with Gasteiger partial charge in [0.05, 0.1) is 12.7 Å². The highest BCUT2D eigenvalue weighted by molar-refractivity contribution is 5.80. The minimum absolute atomic E-state index is 0.256. The molecule has 0 aliphatic rings. The van der Waals surface area contributed by atoms with Gasteiger partial charge >= 0.3 is 6.16 Å². The highest BCUT2D eigenvalue weighted by Gasteiger charge is 2.18. The molecule has 0 bridgehead atoms. The number of hydrogen-bond donors (Lipinski definition) is 0. The molecule has 0 aliphatic heterocycles. The van der Waals surface area contributed by atoms with E-state index in [1.54, 1.807) is 20.8 Å². The number of carbonyl (C=O) groups excluding carboxylic acids is 2. The molecule has 0 N–H and O–H groups in total. The van der Waals surface area contributed by atoms with Gasteiger partial charge in [-0.05, 0) is 32.9 Å². The Bertz CT molecular complexity index is 445. The van der Waals surface area contributed by atoms with E-state index in [1.807, 2.05) is 0 Å². The molecule has 98 valence electrons. The summed E-state index contributed by atoms with van der Waals surface area (Å²) in [6, 6.07) is 4.45. The second-order valence-electron chi connectivity index (χ2n) is 4.59. The van der Waals surface area contributed by atoms with Crippen molar-refractivity contribution in [2.75, 3.05) is 7.11 Å². The van der Waals surface area contributed by atoms with Crippen LogP contribution in [-0.4, -0.2) is 25.2 Å². The minimum atomic E-state index is -0.802. The van der Waals surface area contributed by atoms with Crippen molar-refractivity contribution in [1.29, 1.82) is 0 Å². The average molecular weight is 252 g/mol. The molecule has 1 aromatic carbocycles. The van der Waals surface area contributed by atoms with Crippen LogP contribution in [-0.2, 0) is 4.74 Å². The molecule has 0 amide bonds. The van der Waals surface area contributed by atoms with Crippen LogP contribution in [0.4, 0.5) is 4.79 Å². The molecule has 1 aromatic rings. The summed E-state index contributed by atoms with van der Waals surface area (Å²) in [4.78, 5) is 22.1. The largest absolute Gasteiger partial charge is 0.514 e. The minimum Gasteiger partial charge on any atom is -0.496 e. The van der Waals surface area contributed by atoms with E-state index in [9.17, 15) is 9.59 Å². The van der Waals surface area contributed by atoms with E-state index in [2.05, 4.69) is 0 Å². The Hall–Kier alpha value is -2.04. The number of methoxy groups -OCH3 is 1. The number of rotatable bonds is 3. The normalized spacial score (nSPS) is 10.7. The van der Waals surface area contributed by atoms with E-state index in [0.717, 1.165) is 0 Å². The molecule has 0 spiro atoms. The van der Waals surface area contributed by atoms with E-state index in [0.29, 0.717) is 17.6 Å². The van der Waals surface area contributed by atoms with Crippen LogP contribution in [0, 0.1) is 0 Å². The quantitative estimate of drug-likeness (QED) is 0.470. The fraction of sp³-hybridized carbons (Fsp3) is 0.385. The van der Waals surface area contributed by atoms with Crippen molar-refractivity contribution in [3.8, 4) is 11.5 Å². The SMILES string of the molecule is COc1cc(OC(=O)OC(C)(C)C)ccc1C=O. The van der Waals surface area contributed by atoms with Crippen molar-refractivity contribution in [3.05, 3.63) is 23.8 Å². The Morgan fingerprint density at radius 2 is 1.94 bits per heavy atom. The fourth-order valence-electron chi connectivity index (χ4n) is 1.22. The Labute approximate surface area is 106 Å². The van der Waals surface area contributed by atoms with Crippen molar-refractivity contribution < 1.29 is 23.8 Å². The smallest absolute Gasteiger partial charge is 0.496 e. The summed E-state index contributed by atoms with van der Waals surface area (Å²) in [6.45, 7) is 5.22. The van der Waals surface area contributed by atoms with E-state index in [1.165, 1.54) is 25.3 Å². The van der Waals surface area contributed by atoms with Gasteiger partial charge in [-0.2, -0.15) is 0 Å². The van der Waals surface area contributed by atoms with Crippen LogP contribution in [0.25, 0.3) is 0 Å². The van der Waals surface area contributed by atoms with Gasteiger partial charge in [-0.1, -0.05) is 0 Å². The molecule has 0 heterocycles. The predicted molar refractivity (Wildman–Crippen MR) is 65.2 cm³/mol. The highest BCUT2D eigenvalue weighted by Crippen LogP contribution is 2.24. The summed E-state index contributed by atoms with van der Waals surface area (Å²) in [6.07, 6.45) is -0.140. The summed E-state index contributed by atoms with van der Waals surface area (Å²) in [7, 11) is 1.43. The molecular weight excluding hydrogens is 236 g/mol. The monoisotopic (exact) mass is 252 g/mol. The van der Waals surface area contributed by atoms with Gasteiger partial charge in [-0.25, -0.2) is 4.79 Å². The first-order chi connectivity index (χ1) is 8.35. The maximum atomic E-state index is 11.4. The molecule has 0 radical (unpaired) electrons. The van der Waals surface area contributed by atoms with Crippen LogP contribution in [0.3, 0.4) is 0 Å². The number of carbonyl (C=O) groups is 2. The highest BCUT2D eigenvalue weighted by atomic mass is 16.7. The lowest BCUT2D eigenvalue weighted by Gasteiger charge is -2.18. The third-order valence-corrected chi connectivity index (χ3v) is 1.92. The number of aldehydes is 1. The zero-order valence-electron chi connectivity index (χ0n) is 10.9. The zero-order valence-corrected chi connectivity index (χ0v) is 10.9. The Morgan fingerprint density at radius 1 is 1.28 bits per heavy atom. The topological polar surface area (TPSA) is 61.8 Å². The number of ether oxygens (including phenoxy) is 3. The summed E-state index contributed by atoms with van der Waals surface area (Å²) in [5, 5.41) is 0. The van der Waals surface area contributed by atoms with E-state index in [-0.39, 0.29) is 5.75 Å². The molecule has 18 heavy (non-hydrogen) atoms. The molecule has 0 saturated heterocycles. The van der Waals surface area contributed by atoms with Crippen LogP contribution < -0.4 is 9.47 Å². The molecule has 1 rings (SSSR count). The van der Waals surface area contributed by atoms with Gasteiger partial charge in [-0.3, -0.25) is 4.79 Å². The van der Waals surface area contributed by atoms with Gasteiger partial charge in [0.15, 0.2) is 6.29 Å². The van der Waals surface area contributed by atoms with Crippen molar-refractivity contribution >= 4 is 12.4 Å². The zero-order chi connectivity index (χ0) is 13.8. The first-order valence-electron chi connectivity index (χ1n) is 5.40. The molecule has 5 heteroatoms. The van der Waals surface area contributed by atoms with Crippen LogP contribution in [0.15, 0.2) is 18.2 Å². The fourth-order valence-corrected chi connectivity index (χ4v) is 1.22. The second-order valence-corrected chi connectivity index (χ2v) is 4.59. The summed E-state index contributed by atoms with van der Waals surface area (Å²) < 4.78 is 15.0. The summed E-state index contributed by atoms with van der Waals surface area (Å²) in [5.74, 6) is 0.595. The van der Waals surface area contributed by atoms with Crippen LogP contribution in [0.5, 0.6) is 11.5 Å². The van der Waals surface area contributed by atoms with Crippen molar-refractivity contribution in [3.63, 3.8) is 0 Å². The average Bonchev–Trinajstić information content (AvgIpc) is 2.26. The summed E-state index contributed by atoms with van der Waals surface area (Å²) in [5.41, 5.74) is -0.238. The molecule has 5 nitrogen and oxygen atoms in total. The van der Waals surface area contributed by atoms with E-state index >= 15 is 0 Å². The molecule has 0 atom stereocenters. The van der Waals surface area contributed by atoms with E-state index < -0.39 is 11.8 Å². The maximum absolute atomic E-state index is 11.4. The van der Waals surface area contributed by atoms with Crippen molar-refractivity contribution in [2.24, 2.45) is 0 Å². The van der Waals surface area contributed by atoms with Gasteiger partial charge in [0.1, 0.15) is 17.1 Å². The molecule has 0 fully saturated rings. The molecule has 0 aliphatic carbocycles. The van der Waals surface area contributed by atoms with Crippen LogP contribution >= 0.6 is 0 Å². The van der Waals surface area contributed by atoms with Gasteiger partial charge < -0.3 is 14.2 Å². The first kappa shape index (κ1) is 14.0. The number of benzene rings is 1. The lowest BCUT2D eigenvalue weighted by atomic mass is 10.2. The Kier molecular flexibility index (Phi) is 4.31. The third-order valence-electron chi connectivity index (χ3n) is 1.92. The van der Waals surface area contributed by atoms with Crippen LogP contribution in [0.1, 0.15) is 31.1 Å². The van der Waals surface area contributed by atoms with Gasteiger partial charge in [0, 0.05) is 6.07 Å². The van der Waals surface area contributed by atoms with Crippen LogP contribution in [0.2, 0.25) is 0 Å². The van der Waals surface area contributed by atoms with Crippen molar-refractivity contribution in [2.45, 2.75) is 26.4 Å². The predicted octanol–water partition coefficient (Wildman–Crippen LogP) is 2.82. The Balaban J connectivity index is 2.80. The van der Waals surface area contributed by atoms with Gasteiger partial charge in [0.25, 0.3) is 0 Å². The Morgan fingerprint density at radius 3 is 2.44 bits per heavy atom. The maximum Gasteiger partial charge on any atom is 0.514 e. The van der Waals surface area contributed by atoms with Gasteiger partial charge in [-0.15, -0.1) is 0 Å². The molecule has 0 saturated carbocycles. The molecular formula is C13H16O5. The summed E-state index contributed by atoms with van der Waals surface area (Å²) >= 11 is 0. The lowest BCUT2D eigenvalue weighted by molar-refractivity contribution is 0.0206. The van der Waals surface area contributed by atoms with Gasteiger partial charge in [0.2, 0.25) is 0 Å². The lowest BCUT2D eigenvalue weighted by Crippen LogP contribution is -2.25. The standard InChI is InChI=1S/C13H16O5/c1-13(2,3)18-12(15)17-10-6-5-9(8-14)11(7-10)16-4/h5-8H,1-4H3. The third kappa shape index (κ3) is 4.08. The number of hydrogen-bond acceptors (Lipinski definition) is 5. The van der Waals surface area contributed by atoms with Crippen molar-refractivity contribution in [1.82, 2.24) is 0 Å². The molecule has 0 aromatic heterocycles. The second kappa shape index (κ2) is 5.53. The molecule has 0 unspecified atom stereocenters. The van der Waals surface area contributed by atoms with E-state index in [4.69, 9.17) is 14.2 Å². The first-order valence-corrected chi connectivity index (χ1v) is 5.40.